The second-order valence-corrected chi connectivity index (χ2v) is 11.1. The lowest BCUT2D eigenvalue weighted by atomic mass is 10.00. The minimum Gasteiger partial charge on any atom is -0.456 e. The first kappa shape index (κ1) is 25.3. The number of fused-ring (bicyclic) bond motifs is 6. The molecule has 0 aliphatic rings. The van der Waals surface area contributed by atoms with E-state index < -0.39 is 0 Å². The molecule has 0 fully saturated rings. The molecule has 0 N–H and O–H groups in total. The number of nitrogens with zero attached hydrogens (tertiary/aromatic N) is 4. The highest BCUT2D eigenvalue weighted by Gasteiger charge is 2.19. The molecule has 45 heavy (non-hydrogen) atoms. The molecule has 0 aliphatic carbocycles. The van der Waals surface area contributed by atoms with Crippen molar-refractivity contribution in [2.24, 2.45) is 0 Å². The molecule has 0 bridgehead atoms. The van der Waals surface area contributed by atoms with Crippen molar-refractivity contribution < 1.29 is 4.42 Å². The molecule has 210 valence electrons. The molecule has 0 amide bonds. The maximum atomic E-state index is 6.34. The molecule has 0 atom stereocenters. The van der Waals surface area contributed by atoms with Gasteiger partial charge in [-0.05, 0) is 52.2 Å². The van der Waals surface area contributed by atoms with Crippen LogP contribution in [0.15, 0.2) is 150 Å². The van der Waals surface area contributed by atoms with E-state index in [9.17, 15) is 0 Å². The molecule has 3 aromatic heterocycles. The maximum absolute atomic E-state index is 6.34. The minimum absolute atomic E-state index is 0.546. The SMILES string of the molecule is c1ccc(-c2ccc3cc(-c4nc(-c5ccccc5)nc(-c5cc6oc7ccccc7c6c6cccnc56)n4)ccc3c2)cc1. The molecular weight excluding hydrogens is 552 g/mol. The van der Waals surface area contributed by atoms with E-state index in [2.05, 4.69) is 72.8 Å². The fourth-order valence-corrected chi connectivity index (χ4v) is 6.17. The highest BCUT2D eigenvalue weighted by atomic mass is 16.3. The van der Waals surface area contributed by atoms with Crippen molar-refractivity contribution in [3.63, 3.8) is 0 Å². The molecule has 9 aromatic rings. The molecule has 0 saturated heterocycles. The first-order chi connectivity index (χ1) is 22.3. The van der Waals surface area contributed by atoms with Gasteiger partial charge in [0.2, 0.25) is 0 Å². The lowest BCUT2D eigenvalue weighted by Crippen LogP contribution is -2.01. The minimum atomic E-state index is 0.546. The third-order valence-electron chi connectivity index (χ3n) is 8.34. The largest absolute Gasteiger partial charge is 0.456 e. The first-order valence-corrected chi connectivity index (χ1v) is 14.9. The van der Waals surface area contributed by atoms with Gasteiger partial charge in [-0.15, -0.1) is 0 Å². The monoisotopic (exact) mass is 576 g/mol. The van der Waals surface area contributed by atoms with Gasteiger partial charge >= 0.3 is 0 Å². The van der Waals surface area contributed by atoms with Crippen LogP contribution in [-0.4, -0.2) is 19.9 Å². The fourth-order valence-electron chi connectivity index (χ4n) is 6.17. The summed E-state index contributed by atoms with van der Waals surface area (Å²) in [5, 5.41) is 5.37. The summed E-state index contributed by atoms with van der Waals surface area (Å²) in [6.07, 6.45) is 1.81. The van der Waals surface area contributed by atoms with E-state index in [1.165, 1.54) is 11.1 Å². The van der Waals surface area contributed by atoms with E-state index in [0.29, 0.717) is 17.5 Å². The van der Waals surface area contributed by atoms with Crippen molar-refractivity contribution in [1.29, 1.82) is 0 Å². The maximum Gasteiger partial charge on any atom is 0.166 e. The third kappa shape index (κ3) is 4.33. The summed E-state index contributed by atoms with van der Waals surface area (Å²) < 4.78 is 6.34. The Morgan fingerprint density at radius 1 is 0.422 bits per heavy atom. The molecule has 0 unspecified atom stereocenters. The van der Waals surface area contributed by atoms with Crippen molar-refractivity contribution in [2.45, 2.75) is 0 Å². The zero-order valence-electron chi connectivity index (χ0n) is 24.1. The normalized spacial score (nSPS) is 11.6. The van der Waals surface area contributed by atoms with Gasteiger partial charge in [0.1, 0.15) is 11.2 Å². The Hall–Kier alpha value is -6.20. The predicted octanol–water partition coefficient (Wildman–Crippen LogP) is 10.1. The van der Waals surface area contributed by atoms with Gasteiger partial charge in [-0.25, -0.2) is 15.0 Å². The van der Waals surface area contributed by atoms with Gasteiger partial charge in [0.25, 0.3) is 0 Å². The highest BCUT2D eigenvalue weighted by Crippen LogP contribution is 2.39. The van der Waals surface area contributed by atoms with E-state index in [1.54, 1.807) is 0 Å². The van der Waals surface area contributed by atoms with Gasteiger partial charge in [0, 0.05) is 39.0 Å². The lowest BCUT2D eigenvalue weighted by Gasteiger charge is -2.11. The van der Waals surface area contributed by atoms with Crippen molar-refractivity contribution in [2.75, 3.05) is 0 Å². The third-order valence-corrected chi connectivity index (χ3v) is 8.34. The topological polar surface area (TPSA) is 64.7 Å². The molecular formula is C40H24N4O. The van der Waals surface area contributed by atoms with Crippen molar-refractivity contribution >= 4 is 43.6 Å². The van der Waals surface area contributed by atoms with Crippen LogP contribution in [0.5, 0.6) is 0 Å². The van der Waals surface area contributed by atoms with E-state index in [0.717, 1.165) is 60.3 Å². The predicted molar refractivity (Wildman–Crippen MR) is 182 cm³/mol. The Labute approximate surface area is 258 Å². The Morgan fingerprint density at radius 2 is 1.04 bits per heavy atom. The van der Waals surface area contributed by atoms with Crippen LogP contribution in [0.1, 0.15) is 0 Å². The molecule has 6 aromatic carbocycles. The van der Waals surface area contributed by atoms with Crippen LogP contribution in [-0.2, 0) is 0 Å². The Kier molecular flexibility index (Phi) is 5.74. The van der Waals surface area contributed by atoms with E-state index in [-0.39, 0.29) is 0 Å². The van der Waals surface area contributed by atoms with Crippen molar-refractivity contribution in [1.82, 2.24) is 19.9 Å². The summed E-state index contributed by atoms with van der Waals surface area (Å²) in [5.41, 5.74) is 7.43. The van der Waals surface area contributed by atoms with E-state index >= 15 is 0 Å². The molecule has 9 rings (SSSR count). The fraction of sp³-hybridized carbons (Fsp3) is 0. The molecule has 0 spiro atoms. The number of pyridine rings is 1. The highest BCUT2D eigenvalue weighted by molar-refractivity contribution is 6.20. The molecule has 0 radical (unpaired) electrons. The lowest BCUT2D eigenvalue weighted by molar-refractivity contribution is 0.669. The van der Waals surface area contributed by atoms with Crippen molar-refractivity contribution in [3.05, 3.63) is 146 Å². The standard InChI is InChI=1S/C40H24N4O/c1-3-10-25(11-4-1)27-17-18-29-23-30(20-19-28(29)22-27)39-42-38(26-12-5-2-6-13-26)43-40(44-39)33-24-35-36(32-15-9-21-41-37(32)33)31-14-7-8-16-34(31)45-35/h1-24H. The summed E-state index contributed by atoms with van der Waals surface area (Å²) in [6, 6.07) is 47.6. The Morgan fingerprint density at radius 3 is 1.84 bits per heavy atom. The number of furan rings is 1. The van der Waals surface area contributed by atoms with Gasteiger partial charge in [-0.2, -0.15) is 0 Å². The molecule has 5 nitrogen and oxygen atoms in total. The zero-order chi connectivity index (χ0) is 29.7. The van der Waals surface area contributed by atoms with Crippen LogP contribution in [0, 0.1) is 0 Å². The molecule has 3 heterocycles. The Balaban J connectivity index is 1.25. The summed E-state index contributed by atoms with van der Waals surface area (Å²) in [7, 11) is 0. The molecule has 5 heteroatoms. The van der Waals surface area contributed by atoms with Gasteiger partial charge < -0.3 is 4.42 Å². The second kappa shape index (κ2) is 10.2. The summed E-state index contributed by atoms with van der Waals surface area (Å²) in [6.45, 7) is 0. The molecule has 0 aliphatic heterocycles. The average molecular weight is 577 g/mol. The number of benzene rings is 6. The number of aromatic nitrogens is 4. The summed E-state index contributed by atoms with van der Waals surface area (Å²) in [4.78, 5) is 19.9. The van der Waals surface area contributed by atoms with E-state index in [1.807, 2.05) is 72.9 Å². The van der Waals surface area contributed by atoms with Crippen molar-refractivity contribution in [3.8, 4) is 45.3 Å². The van der Waals surface area contributed by atoms with Gasteiger partial charge in [0.05, 0.1) is 5.52 Å². The number of hydrogen-bond acceptors (Lipinski definition) is 5. The smallest absolute Gasteiger partial charge is 0.166 e. The second-order valence-electron chi connectivity index (χ2n) is 11.1. The Bertz CT molecular complexity index is 2540. The van der Waals surface area contributed by atoms with Crippen LogP contribution in [0.2, 0.25) is 0 Å². The number of rotatable bonds is 4. The van der Waals surface area contributed by atoms with Crippen LogP contribution in [0.3, 0.4) is 0 Å². The summed E-state index contributed by atoms with van der Waals surface area (Å²) in [5.74, 6) is 1.75. The average Bonchev–Trinajstić information content (AvgIpc) is 3.50. The van der Waals surface area contributed by atoms with Gasteiger partial charge in [-0.3, -0.25) is 4.98 Å². The van der Waals surface area contributed by atoms with E-state index in [4.69, 9.17) is 24.4 Å². The van der Waals surface area contributed by atoms with Gasteiger partial charge in [0.15, 0.2) is 17.5 Å². The summed E-state index contributed by atoms with van der Waals surface area (Å²) >= 11 is 0. The quantitative estimate of drug-likeness (QED) is 0.209. The van der Waals surface area contributed by atoms with Gasteiger partial charge in [-0.1, -0.05) is 109 Å². The van der Waals surface area contributed by atoms with Crippen LogP contribution in [0.4, 0.5) is 0 Å². The number of para-hydroxylation sites is 1. The van der Waals surface area contributed by atoms with Crippen LogP contribution < -0.4 is 0 Å². The zero-order valence-corrected chi connectivity index (χ0v) is 24.1. The van der Waals surface area contributed by atoms with Crippen LogP contribution in [0.25, 0.3) is 88.9 Å². The first-order valence-electron chi connectivity index (χ1n) is 14.9. The number of hydrogen-bond donors (Lipinski definition) is 0. The van der Waals surface area contributed by atoms with Crippen LogP contribution >= 0.6 is 0 Å². The molecule has 0 saturated carbocycles.